The van der Waals surface area contributed by atoms with Gasteiger partial charge in [-0.25, -0.2) is 4.79 Å². The molecule has 1 aromatic heterocycles. The molecule has 1 aliphatic rings. The van der Waals surface area contributed by atoms with Crippen LogP contribution < -0.4 is 26.4 Å². The maximum Gasteiger partial charge on any atom is 0.342 e. The fourth-order valence-electron chi connectivity index (χ4n) is 4.56. The predicted octanol–water partition coefficient (Wildman–Crippen LogP) is 3.39. The van der Waals surface area contributed by atoms with Crippen molar-refractivity contribution in [3.63, 3.8) is 0 Å². The van der Waals surface area contributed by atoms with Crippen molar-refractivity contribution < 1.29 is 39.2 Å². The van der Waals surface area contributed by atoms with E-state index in [4.69, 9.17) is 15.2 Å². The highest BCUT2D eigenvalue weighted by molar-refractivity contribution is 6.19. The van der Waals surface area contributed by atoms with Gasteiger partial charge in [0.05, 0.1) is 25.3 Å². The molecule has 45 heavy (non-hydrogen) atoms. The summed E-state index contributed by atoms with van der Waals surface area (Å²) >= 11 is 0. The number of hydrogen-bond acceptors (Lipinski definition) is 9. The van der Waals surface area contributed by atoms with E-state index in [-0.39, 0.29) is 35.0 Å². The third kappa shape index (κ3) is 11.1. The van der Waals surface area contributed by atoms with Gasteiger partial charge in [0.1, 0.15) is 11.4 Å². The molecule has 1 aromatic carbocycles. The number of piperidine rings is 1. The standard InChI is InChI=1S/C28H36N6O7.C4H10.4H2/c1-15(29)25(16(2)30-3)28(39)41-14-22(35)20(11-17-7-6-10-31-26(17)37)34-24(36)13-32-27(38)21-12-18-19(33-21)8-5-9-23(18)40-4;1-4(2)3;;;;/h5,8-9,12,17,20,33H,6-7,10-11,13-14,29H2,1-4H3,(H,31,37)(H,32,38)(H,34,36);4H,1-3H3;4*1H/b25-15+,30-16?;;;;;/t17-,20-;;;;;/m0...../s1. The molecule has 254 valence electrons. The summed E-state index contributed by atoms with van der Waals surface area (Å²) in [6.45, 7) is 9.04. The summed E-state index contributed by atoms with van der Waals surface area (Å²) in [6, 6.07) is 5.81. The fraction of sp³-hybridized carbons (Fsp3) is 0.500. The van der Waals surface area contributed by atoms with Crippen LogP contribution in [0.1, 0.15) is 70.1 Å². The number of carbonyl (C=O) groups excluding carboxylic acids is 5. The Bertz CT molecular complexity index is 1460. The maximum absolute atomic E-state index is 13.1. The number of fused-ring (bicyclic) bond motifs is 1. The molecule has 2 atom stereocenters. The highest BCUT2D eigenvalue weighted by atomic mass is 16.5. The molecular weight excluding hydrogens is 580 g/mol. The Morgan fingerprint density at radius 3 is 2.47 bits per heavy atom. The molecule has 13 nitrogen and oxygen atoms in total. The van der Waals surface area contributed by atoms with Gasteiger partial charge in [0.15, 0.2) is 12.4 Å². The van der Waals surface area contributed by atoms with Crippen LogP contribution in [0.3, 0.4) is 0 Å². The van der Waals surface area contributed by atoms with Crippen molar-refractivity contribution in [2.75, 3.05) is 33.9 Å². The lowest BCUT2D eigenvalue weighted by Crippen LogP contribution is -2.49. The van der Waals surface area contributed by atoms with Crippen molar-refractivity contribution in [1.29, 1.82) is 0 Å². The fourth-order valence-corrected chi connectivity index (χ4v) is 4.56. The molecule has 0 unspecified atom stereocenters. The van der Waals surface area contributed by atoms with Crippen LogP contribution in [0.5, 0.6) is 5.75 Å². The zero-order valence-corrected chi connectivity index (χ0v) is 27.2. The highest BCUT2D eigenvalue weighted by Crippen LogP contribution is 2.26. The summed E-state index contributed by atoms with van der Waals surface area (Å²) in [5.74, 6) is -1.94. The van der Waals surface area contributed by atoms with E-state index in [9.17, 15) is 24.0 Å². The number of rotatable bonds is 12. The van der Waals surface area contributed by atoms with E-state index < -0.39 is 48.7 Å². The van der Waals surface area contributed by atoms with E-state index in [2.05, 4.69) is 46.7 Å². The number of hydrogen-bond donors (Lipinski definition) is 5. The Morgan fingerprint density at radius 2 is 1.87 bits per heavy atom. The average molecular weight is 635 g/mol. The first-order valence-corrected chi connectivity index (χ1v) is 14.9. The number of nitrogens with one attached hydrogen (secondary N) is 4. The van der Waals surface area contributed by atoms with Crippen molar-refractivity contribution >= 4 is 46.1 Å². The number of amides is 3. The largest absolute Gasteiger partial charge is 0.496 e. The van der Waals surface area contributed by atoms with Crippen LogP contribution in [0, 0.1) is 11.8 Å². The van der Waals surface area contributed by atoms with Crippen LogP contribution in [0.15, 0.2) is 40.5 Å². The van der Waals surface area contributed by atoms with Crippen molar-refractivity contribution in [3.05, 3.63) is 41.2 Å². The molecule has 0 saturated carbocycles. The second-order valence-corrected chi connectivity index (χ2v) is 11.4. The molecule has 0 radical (unpaired) electrons. The number of H-pyrrole nitrogens is 1. The van der Waals surface area contributed by atoms with Crippen LogP contribution in [0.2, 0.25) is 0 Å². The van der Waals surface area contributed by atoms with Crippen molar-refractivity contribution in [1.82, 2.24) is 20.9 Å². The zero-order valence-electron chi connectivity index (χ0n) is 27.2. The molecule has 0 aliphatic carbocycles. The predicted molar refractivity (Wildman–Crippen MR) is 180 cm³/mol. The van der Waals surface area contributed by atoms with Gasteiger partial charge in [-0.1, -0.05) is 26.8 Å². The van der Waals surface area contributed by atoms with Gasteiger partial charge in [-0.05, 0) is 57.2 Å². The number of aromatic amines is 1. The monoisotopic (exact) mass is 634 g/mol. The van der Waals surface area contributed by atoms with Crippen molar-refractivity contribution in [2.45, 2.75) is 59.9 Å². The number of allylic oxidation sites excluding steroid dienone is 1. The first kappa shape index (κ1) is 36.5. The van der Waals surface area contributed by atoms with Gasteiger partial charge in [-0.2, -0.15) is 0 Å². The van der Waals surface area contributed by atoms with Gasteiger partial charge < -0.3 is 36.1 Å². The number of nitrogens with two attached hydrogens (primary N) is 1. The van der Waals surface area contributed by atoms with Crippen LogP contribution in [-0.4, -0.2) is 80.1 Å². The number of ketones is 1. The topological polar surface area (TPSA) is 194 Å². The number of benzene rings is 1. The molecule has 2 aromatic rings. The molecule has 13 heteroatoms. The first-order chi connectivity index (χ1) is 21.3. The first-order valence-electron chi connectivity index (χ1n) is 14.9. The lowest BCUT2D eigenvalue weighted by Gasteiger charge is -2.26. The summed E-state index contributed by atoms with van der Waals surface area (Å²) in [5, 5.41) is 8.56. The zero-order chi connectivity index (χ0) is 33.7. The number of aliphatic imine (C=N–C) groups is 1. The normalized spacial score (nSPS) is 16.0. The minimum Gasteiger partial charge on any atom is -0.496 e. The van der Waals surface area contributed by atoms with Crippen molar-refractivity contribution in [2.24, 2.45) is 22.6 Å². The number of ether oxygens (including phenoxy) is 2. The van der Waals surface area contributed by atoms with Gasteiger partial charge in [0.2, 0.25) is 11.8 Å². The lowest BCUT2D eigenvalue weighted by molar-refractivity contribution is -0.145. The van der Waals surface area contributed by atoms with Gasteiger partial charge in [0, 0.05) is 47.5 Å². The van der Waals surface area contributed by atoms with Gasteiger partial charge in [0.25, 0.3) is 5.91 Å². The summed E-state index contributed by atoms with van der Waals surface area (Å²) in [6.07, 6.45) is 1.28. The minimum atomic E-state index is -1.13. The lowest BCUT2D eigenvalue weighted by atomic mass is 9.90. The highest BCUT2D eigenvalue weighted by Gasteiger charge is 2.31. The average Bonchev–Trinajstić information content (AvgIpc) is 3.43. The second-order valence-electron chi connectivity index (χ2n) is 11.4. The third-order valence-electron chi connectivity index (χ3n) is 6.78. The minimum absolute atomic E-state index is 0. The summed E-state index contributed by atoms with van der Waals surface area (Å²) in [4.78, 5) is 70.5. The molecule has 2 heterocycles. The molecule has 0 spiro atoms. The molecule has 1 aliphatic heterocycles. The summed E-state index contributed by atoms with van der Waals surface area (Å²) < 4.78 is 10.5. The Kier molecular flexibility index (Phi) is 14.3. The smallest absolute Gasteiger partial charge is 0.342 e. The van der Waals surface area contributed by atoms with Crippen LogP contribution in [-0.2, 0) is 23.9 Å². The number of aromatic nitrogens is 1. The Labute approximate surface area is 269 Å². The second kappa shape index (κ2) is 17.6. The third-order valence-corrected chi connectivity index (χ3v) is 6.78. The van der Waals surface area contributed by atoms with E-state index in [1.165, 1.54) is 21.1 Å². The van der Waals surface area contributed by atoms with Crippen LogP contribution in [0.4, 0.5) is 0 Å². The molecule has 0 bridgehead atoms. The Balaban J connectivity index is -0.00000250. The van der Waals surface area contributed by atoms with Crippen LogP contribution >= 0.6 is 0 Å². The Morgan fingerprint density at radius 1 is 1.18 bits per heavy atom. The maximum atomic E-state index is 13.1. The van der Waals surface area contributed by atoms with E-state index in [0.29, 0.717) is 35.3 Å². The van der Waals surface area contributed by atoms with E-state index in [1.807, 2.05) is 0 Å². The molecule has 3 rings (SSSR count). The molecule has 6 N–H and O–H groups in total. The van der Waals surface area contributed by atoms with Crippen LogP contribution in [0.25, 0.3) is 10.9 Å². The van der Waals surface area contributed by atoms with Crippen molar-refractivity contribution in [3.8, 4) is 5.75 Å². The summed E-state index contributed by atoms with van der Waals surface area (Å²) in [5.41, 5.74) is 7.27. The number of esters is 1. The molecule has 1 fully saturated rings. The van der Waals surface area contributed by atoms with E-state index >= 15 is 0 Å². The van der Waals surface area contributed by atoms with E-state index in [1.54, 1.807) is 31.2 Å². The summed E-state index contributed by atoms with van der Waals surface area (Å²) in [7, 11) is 3.02. The SMILES string of the molecule is CC(C)C.CN=C(C)/C(C(=O)OCC(=O)[C@H](C[C@@H]1CCCNC1=O)NC(=O)CNC(=O)c1cc2c(OC)cccc2[nH]1)=C(/C)N.[HH].[HH].[HH].[HH]. The molecular formula is C32H54N6O7. The van der Waals surface area contributed by atoms with Gasteiger partial charge >= 0.3 is 5.97 Å². The van der Waals surface area contributed by atoms with E-state index in [0.717, 1.165) is 12.3 Å². The molecule has 3 amide bonds. The van der Waals surface area contributed by atoms with Gasteiger partial charge in [-0.15, -0.1) is 0 Å². The Hall–Kier alpha value is -4.68. The number of Topliss-reactive ketones (excluding diaryl/α,β-unsaturated/α-hetero) is 1. The quantitative estimate of drug-likeness (QED) is 0.133. The van der Waals surface area contributed by atoms with Gasteiger partial charge in [-0.3, -0.25) is 24.2 Å². The number of nitrogens with zero attached hydrogens (tertiary/aromatic N) is 1. The number of methoxy groups -OCH3 is 1. The number of carbonyl (C=O) groups is 5. The molecule has 1 saturated heterocycles.